The van der Waals surface area contributed by atoms with Crippen LogP contribution in [-0.4, -0.2) is 26.7 Å². The molecule has 122 valence electrons. The highest BCUT2D eigenvalue weighted by atomic mass is 16.4. The summed E-state index contributed by atoms with van der Waals surface area (Å²) in [6, 6.07) is 6.82. The maximum atomic E-state index is 12.4. The molecule has 7 nitrogen and oxygen atoms in total. The number of amidine groups is 1. The lowest BCUT2D eigenvalue weighted by Gasteiger charge is -2.16. The molecule has 0 saturated heterocycles. The van der Waals surface area contributed by atoms with Gasteiger partial charge in [0.25, 0.3) is 5.56 Å². The Kier molecular flexibility index (Phi) is 4.68. The van der Waals surface area contributed by atoms with E-state index >= 15 is 0 Å². The van der Waals surface area contributed by atoms with E-state index in [1.807, 2.05) is 19.2 Å². The van der Waals surface area contributed by atoms with Crippen molar-refractivity contribution in [1.29, 1.82) is 5.41 Å². The van der Waals surface area contributed by atoms with Crippen LogP contribution in [0.1, 0.15) is 25.8 Å². The summed E-state index contributed by atoms with van der Waals surface area (Å²) in [6.45, 7) is 4.51. The van der Waals surface area contributed by atoms with Crippen LogP contribution in [0.3, 0.4) is 0 Å². The van der Waals surface area contributed by atoms with E-state index in [1.54, 1.807) is 24.3 Å². The standard InChI is InChI=1S/C16H19N3O4/c1-9(2)7-8-19-11-6-4-3-5-10(11)12(13(20)15(19)21)14(17)18-16(22)23/h3-6,9,20H,7-8H2,1-2H3,(H2,17,18)(H,22,23). The second kappa shape index (κ2) is 6.51. The molecule has 0 fully saturated rings. The number of aromatic hydroxyl groups is 1. The molecule has 0 aliphatic carbocycles. The number of pyridine rings is 1. The number of para-hydroxylation sites is 1. The third kappa shape index (κ3) is 3.33. The Hall–Kier alpha value is -2.83. The molecular formula is C16H19N3O4. The van der Waals surface area contributed by atoms with Crippen molar-refractivity contribution in [2.24, 2.45) is 5.92 Å². The van der Waals surface area contributed by atoms with Crippen LogP contribution >= 0.6 is 0 Å². The maximum absolute atomic E-state index is 12.4. The van der Waals surface area contributed by atoms with Crippen LogP contribution in [0.4, 0.5) is 4.79 Å². The third-order valence-electron chi connectivity index (χ3n) is 3.56. The zero-order valence-electron chi connectivity index (χ0n) is 13.0. The molecule has 2 rings (SSSR count). The lowest BCUT2D eigenvalue weighted by Crippen LogP contribution is -2.31. The van der Waals surface area contributed by atoms with Gasteiger partial charge in [0, 0.05) is 11.9 Å². The predicted molar refractivity (Wildman–Crippen MR) is 87.3 cm³/mol. The number of carboxylic acid groups (broad SMARTS) is 1. The maximum Gasteiger partial charge on any atom is 0.410 e. The van der Waals surface area contributed by atoms with Crippen molar-refractivity contribution in [2.75, 3.05) is 0 Å². The number of amides is 1. The first-order valence-electron chi connectivity index (χ1n) is 7.26. The topological polar surface area (TPSA) is 115 Å². The molecule has 0 unspecified atom stereocenters. The Morgan fingerprint density at radius 3 is 2.61 bits per heavy atom. The minimum absolute atomic E-state index is 0.103. The van der Waals surface area contributed by atoms with E-state index in [0.29, 0.717) is 23.4 Å². The van der Waals surface area contributed by atoms with E-state index in [2.05, 4.69) is 0 Å². The average Bonchev–Trinajstić information content (AvgIpc) is 2.46. The van der Waals surface area contributed by atoms with Gasteiger partial charge in [-0.3, -0.25) is 15.5 Å². The number of nitrogens with one attached hydrogen (secondary N) is 2. The third-order valence-corrected chi connectivity index (χ3v) is 3.56. The first-order valence-corrected chi connectivity index (χ1v) is 7.26. The lowest BCUT2D eigenvalue weighted by molar-refractivity contribution is 0.200. The number of rotatable bonds is 4. The van der Waals surface area contributed by atoms with Gasteiger partial charge in [-0.2, -0.15) is 0 Å². The first-order chi connectivity index (χ1) is 10.8. The summed E-state index contributed by atoms with van der Waals surface area (Å²) in [4.78, 5) is 23.2. The number of hydrogen-bond acceptors (Lipinski definition) is 4. The summed E-state index contributed by atoms with van der Waals surface area (Å²) < 4.78 is 1.46. The van der Waals surface area contributed by atoms with Gasteiger partial charge in [0.1, 0.15) is 5.84 Å². The molecule has 0 aliphatic heterocycles. The van der Waals surface area contributed by atoms with Gasteiger partial charge in [-0.1, -0.05) is 32.0 Å². The second-order valence-corrected chi connectivity index (χ2v) is 5.69. The van der Waals surface area contributed by atoms with E-state index in [4.69, 9.17) is 10.5 Å². The Bertz CT molecular complexity index is 824. The highest BCUT2D eigenvalue weighted by Gasteiger charge is 2.20. The highest BCUT2D eigenvalue weighted by Crippen LogP contribution is 2.24. The van der Waals surface area contributed by atoms with Crippen molar-refractivity contribution in [1.82, 2.24) is 9.88 Å². The summed E-state index contributed by atoms with van der Waals surface area (Å²) in [6.07, 6.45) is -0.671. The quantitative estimate of drug-likeness (QED) is 0.511. The largest absolute Gasteiger partial charge is 0.502 e. The van der Waals surface area contributed by atoms with Crippen molar-refractivity contribution >= 4 is 22.8 Å². The Balaban J connectivity index is 2.69. The molecule has 1 aromatic carbocycles. The molecule has 0 saturated carbocycles. The molecule has 0 bridgehead atoms. The number of fused-ring (bicyclic) bond motifs is 1. The van der Waals surface area contributed by atoms with Crippen LogP contribution < -0.4 is 10.9 Å². The van der Waals surface area contributed by atoms with Crippen molar-refractivity contribution in [3.8, 4) is 5.75 Å². The summed E-state index contributed by atoms with van der Waals surface area (Å²) >= 11 is 0. The SMILES string of the molecule is CC(C)CCn1c(=O)c(O)c(C(=N)NC(=O)O)c2ccccc21. The van der Waals surface area contributed by atoms with E-state index in [1.165, 1.54) is 4.57 Å². The summed E-state index contributed by atoms with van der Waals surface area (Å²) in [7, 11) is 0. The number of carbonyl (C=O) groups is 1. The van der Waals surface area contributed by atoms with Crippen molar-refractivity contribution in [3.63, 3.8) is 0 Å². The molecule has 7 heteroatoms. The fraction of sp³-hybridized carbons (Fsp3) is 0.312. The van der Waals surface area contributed by atoms with Gasteiger partial charge in [0.15, 0.2) is 5.75 Å². The van der Waals surface area contributed by atoms with Gasteiger partial charge < -0.3 is 14.8 Å². The second-order valence-electron chi connectivity index (χ2n) is 5.69. The Morgan fingerprint density at radius 2 is 2.00 bits per heavy atom. The number of benzene rings is 1. The molecule has 0 atom stereocenters. The molecule has 1 aromatic heterocycles. The molecule has 23 heavy (non-hydrogen) atoms. The van der Waals surface area contributed by atoms with Crippen LogP contribution in [0.5, 0.6) is 5.75 Å². The van der Waals surface area contributed by atoms with E-state index in [9.17, 15) is 14.7 Å². The van der Waals surface area contributed by atoms with Gasteiger partial charge in [-0.25, -0.2) is 4.79 Å². The number of aryl methyl sites for hydroxylation is 1. The summed E-state index contributed by atoms with van der Waals surface area (Å²) in [5, 5.41) is 29.1. The van der Waals surface area contributed by atoms with Gasteiger partial charge in [-0.15, -0.1) is 0 Å². The number of nitrogens with zero attached hydrogens (tertiary/aromatic N) is 1. The van der Waals surface area contributed by atoms with Gasteiger partial charge in [0.05, 0.1) is 11.1 Å². The molecule has 0 aliphatic rings. The summed E-state index contributed by atoms with van der Waals surface area (Å²) in [5.41, 5.74) is -0.173. The molecule has 1 amide bonds. The Morgan fingerprint density at radius 1 is 1.35 bits per heavy atom. The molecule has 0 radical (unpaired) electrons. The van der Waals surface area contributed by atoms with Crippen molar-refractivity contribution < 1.29 is 15.0 Å². The van der Waals surface area contributed by atoms with Crippen LogP contribution in [0, 0.1) is 11.3 Å². The number of hydrogen-bond donors (Lipinski definition) is 4. The monoisotopic (exact) mass is 317 g/mol. The highest BCUT2D eigenvalue weighted by molar-refractivity contribution is 6.13. The number of aromatic nitrogens is 1. The minimum atomic E-state index is -1.43. The van der Waals surface area contributed by atoms with Gasteiger partial charge in [0.2, 0.25) is 0 Å². The fourth-order valence-corrected chi connectivity index (χ4v) is 2.42. The summed E-state index contributed by atoms with van der Waals surface area (Å²) in [5.74, 6) is -0.764. The molecule has 4 N–H and O–H groups in total. The van der Waals surface area contributed by atoms with E-state index in [-0.39, 0.29) is 5.56 Å². The molecule has 2 aromatic rings. The van der Waals surface area contributed by atoms with Crippen LogP contribution in [0.2, 0.25) is 0 Å². The van der Waals surface area contributed by atoms with Crippen LogP contribution in [0.25, 0.3) is 10.9 Å². The lowest BCUT2D eigenvalue weighted by atomic mass is 10.1. The predicted octanol–water partition coefficient (Wildman–Crippen LogP) is 2.35. The van der Waals surface area contributed by atoms with E-state index in [0.717, 1.165) is 6.42 Å². The zero-order valence-corrected chi connectivity index (χ0v) is 13.0. The smallest absolute Gasteiger partial charge is 0.410 e. The van der Waals surface area contributed by atoms with Gasteiger partial charge in [-0.05, 0) is 18.4 Å². The molecular weight excluding hydrogens is 298 g/mol. The van der Waals surface area contributed by atoms with Crippen LogP contribution in [-0.2, 0) is 6.54 Å². The van der Waals surface area contributed by atoms with Crippen molar-refractivity contribution in [2.45, 2.75) is 26.8 Å². The molecule has 1 heterocycles. The van der Waals surface area contributed by atoms with Crippen molar-refractivity contribution in [3.05, 3.63) is 40.2 Å². The fourth-order valence-electron chi connectivity index (χ4n) is 2.42. The normalized spacial score (nSPS) is 10.9. The minimum Gasteiger partial charge on any atom is -0.502 e. The average molecular weight is 317 g/mol. The zero-order chi connectivity index (χ0) is 17.1. The van der Waals surface area contributed by atoms with E-state index < -0.39 is 23.2 Å². The van der Waals surface area contributed by atoms with Gasteiger partial charge >= 0.3 is 6.09 Å². The first kappa shape index (κ1) is 16.5. The Labute approximate surface area is 132 Å². The molecule has 0 spiro atoms. The van der Waals surface area contributed by atoms with Crippen LogP contribution in [0.15, 0.2) is 29.1 Å².